The van der Waals surface area contributed by atoms with Crippen LogP contribution in [0.5, 0.6) is 0 Å². The molecule has 124 valence electrons. The lowest BCUT2D eigenvalue weighted by Crippen LogP contribution is -2.23. The number of carboxylic acids is 1. The summed E-state index contributed by atoms with van der Waals surface area (Å²) in [5.41, 5.74) is 1.35. The minimum absolute atomic E-state index is 0.00291. The van der Waals surface area contributed by atoms with E-state index in [4.69, 9.17) is 16.7 Å². The summed E-state index contributed by atoms with van der Waals surface area (Å²) in [5.74, 6) is -1.64. The van der Waals surface area contributed by atoms with E-state index in [1.165, 1.54) is 31.2 Å². The summed E-state index contributed by atoms with van der Waals surface area (Å²) in [6, 6.07) is 10.5. The van der Waals surface area contributed by atoms with E-state index in [9.17, 15) is 14.0 Å². The third-order valence-electron chi connectivity index (χ3n) is 3.21. The van der Waals surface area contributed by atoms with Crippen LogP contribution in [-0.4, -0.2) is 23.4 Å². The second-order valence-corrected chi connectivity index (χ2v) is 5.58. The number of aromatic carboxylic acids is 1. The van der Waals surface area contributed by atoms with Crippen LogP contribution in [0, 0.1) is 5.82 Å². The number of hydrogen-bond donors (Lipinski definition) is 1. The number of halogens is 2. The smallest absolute Gasteiger partial charge is 0.335 e. The van der Waals surface area contributed by atoms with Crippen molar-refractivity contribution in [3.05, 3.63) is 70.6 Å². The molecule has 0 heterocycles. The zero-order chi connectivity index (χ0) is 17.7. The molecule has 0 unspecified atom stereocenters. The van der Waals surface area contributed by atoms with Gasteiger partial charge in [0.15, 0.2) is 0 Å². The minimum Gasteiger partial charge on any atom is -0.478 e. The van der Waals surface area contributed by atoms with Gasteiger partial charge in [0.1, 0.15) is 11.6 Å². The molecule has 1 N–H and O–H groups in total. The average Bonchev–Trinajstić information content (AvgIpc) is 2.54. The van der Waals surface area contributed by atoms with Gasteiger partial charge in [0.2, 0.25) is 0 Å². The summed E-state index contributed by atoms with van der Waals surface area (Å²) in [5, 5.41) is 9.09. The number of ketones is 1. The van der Waals surface area contributed by atoms with E-state index < -0.39 is 11.8 Å². The van der Waals surface area contributed by atoms with Gasteiger partial charge in [-0.25, -0.2) is 9.18 Å². The Kier molecular flexibility index (Phi) is 5.71. The lowest BCUT2D eigenvalue weighted by Gasteiger charge is -2.19. The molecule has 0 fully saturated rings. The fraction of sp³-hybridized carbons (Fsp3) is 0.111. The first kappa shape index (κ1) is 17.7. The van der Waals surface area contributed by atoms with Crippen LogP contribution in [0.4, 0.5) is 10.1 Å². The molecule has 0 aliphatic heterocycles. The Bertz CT molecular complexity index is 805. The molecule has 0 saturated heterocycles. The van der Waals surface area contributed by atoms with Gasteiger partial charge in [0.05, 0.1) is 17.1 Å². The zero-order valence-electron chi connectivity index (χ0n) is 12.9. The van der Waals surface area contributed by atoms with E-state index in [0.29, 0.717) is 11.3 Å². The quantitative estimate of drug-likeness (QED) is 0.849. The Morgan fingerprint density at radius 2 is 2.00 bits per heavy atom. The molecule has 0 saturated carbocycles. The van der Waals surface area contributed by atoms with Crippen LogP contribution in [0.25, 0.3) is 6.08 Å². The second kappa shape index (κ2) is 7.75. The molecule has 2 aromatic carbocycles. The van der Waals surface area contributed by atoms with Crippen molar-refractivity contribution in [1.82, 2.24) is 0 Å². The van der Waals surface area contributed by atoms with Crippen LogP contribution in [0.1, 0.15) is 22.8 Å². The summed E-state index contributed by atoms with van der Waals surface area (Å²) in [6.45, 7) is 1.52. The number of carbonyl (C=O) groups excluding carboxylic acids is 1. The van der Waals surface area contributed by atoms with Crippen molar-refractivity contribution in [1.29, 1.82) is 0 Å². The second-order valence-electron chi connectivity index (χ2n) is 5.17. The van der Waals surface area contributed by atoms with E-state index in [1.807, 2.05) is 0 Å². The third-order valence-corrected chi connectivity index (χ3v) is 3.50. The summed E-state index contributed by atoms with van der Waals surface area (Å²) in [7, 11) is 0. The van der Waals surface area contributed by atoms with E-state index >= 15 is 0 Å². The van der Waals surface area contributed by atoms with Gasteiger partial charge < -0.3 is 10.0 Å². The maximum Gasteiger partial charge on any atom is 0.335 e. The monoisotopic (exact) mass is 347 g/mol. The van der Waals surface area contributed by atoms with Crippen molar-refractivity contribution >= 4 is 35.1 Å². The normalized spacial score (nSPS) is 10.8. The molecule has 0 spiro atoms. The molecule has 0 aliphatic rings. The van der Waals surface area contributed by atoms with Crippen LogP contribution in [0.15, 0.2) is 48.7 Å². The van der Waals surface area contributed by atoms with E-state index in [-0.39, 0.29) is 22.9 Å². The summed E-state index contributed by atoms with van der Waals surface area (Å²) >= 11 is 5.74. The van der Waals surface area contributed by atoms with Crippen LogP contribution in [0.2, 0.25) is 5.02 Å². The molecular weight excluding hydrogens is 333 g/mol. The van der Waals surface area contributed by atoms with Gasteiger partial charge in [-0.2, -0.15) is 0 Å². The molecule has 24 heavy (non-hydrogen) atoms. The van der Waals surface area contributed by atoms with Crippen molar-refractivity contribution in [2.75, 3.05) is 11.4 Å². The van der Waals surface area contributed by atoms with Crippen molar-refractivity contribution in [2.45, 2.75) is 6.92 Å². The molecular formula is C18H15ClFNO3. The topological polar surface area (TPSA) is 57.6 Å². The number of carbonyl (C=O) groups is 2. The van der Waals surface area contributed by atoms with Crippen molar-refractivity contribution in [3.63, 3.8) is 0 Å². The molecule has 0 aliphatic carbocycles. The van der Waals surface area contributed by atoms with Gasteiger partial charge in [-0.15, -0.1) is 0 Å². The van der Waals surface area contributed by atoms with Gasteiger partial charge >= 0.3 is 5.97 Å². The molecule has 0 radical (unpaired) electrons. The van der Waals surface area contributed by atoms with Gasteiger partial charge in [-0.1, -0.05) is 23.7 Å². The Morgan fingerprint density at radius 3 is 2.62 bits per heavy atom. The van der Waals surface area contributed by atoms with Crippen molar-refractivity contribution < 1.29 is 19.1 Å². The highest BCUT2D eigenvalue weighted by Gasteiger charge is 2.09. The number of nitrogens with zero attached hydrogens (tertiary/aromatic N) is 1. The number of rotatable bonds is 6. The minimum atomic E-state index is -1.05. The predicted molar refractivity (Wildman–Crippen MR) is 91.9 cm³/mol. The highest BCUT2D eigenvalue weighted by molar-refractivity contribution is 6.30. The number of anilines is 1. The average molecular weight is 348 g/mol. The number of carboxylic acid groups (broad SMARTS) is 1. The Morgan fingerprint density at radius 1 is 1.25 bits per heavy atom. The third kappa shape index (κ3) is 4.67. The predicted octanol–water partition coefficient (Wildman–Crippen LogP) is 4.24. The fourth-order valence-corrected chi connectivity index (χ4v) is 2.27. The SMILES string of the molecule is CC(=O)CN(C=Cc1ccc(F)c(Cl)c1)c1cccc(C(=O)O)c1. The molecule has 2 rings (SSSR count). The molecule has 0 bridgehead atoms. The van der Waals surface area contributed by atoms with Crippen molar-refractivity contribution in [2.24, 2.45) is 0 Å². The molecule has 0 atom stereocenters. The maximum absolute atomic E-state index is 13.2. The first-order chi connectivity index (χ1) is 11.4. The fourth-order valence-electron chi connectivity index (χ4n) is 2.08. The van der Waals surface area contributed by atoms with Gasteiger partial charge in [0, 0.05) is 11.9 Å². The van der Waals surface area contributed by atoms with E-state index in [1.54, 1.807) is 35.4 Å². The first-order valence-electron chi connectivity index (χ1n) is 7.09. The van der Waals surface area contributed by atoms with Gasteiger partial charge in [0.25, 0.3) is 0 Å². The molecule has 6 heteroatoms. The van der Waals surface area contributed by atoms with E-state index in [2.05, 4.69) is 0 Å². The molecule has 0 amide bonds. The van der Waals surface area contributed by atoms with Crippen LogP contribution < -0.4 is 4.90 Å². The molecule has 0 aromatic heterocycles. The zero-order valence-corrected chi connectivity index (χ0v) is 13.6. The number of benzene rings is 2. The van der Waals surface area contributed by atoms with Crippen molar-refractivity contribution in [3.8, 4) is 0 Å². The summed E-state index contributed by atoms with van der Waals surface area (Å²) in [4.78, 5) is 24.2. The van der Waals surface area contributed by atoms with Crippen LogP contribution in [0.3, 0.4) is 0 Å². The van der Waals surface area contributed by atoms with Crippen LogP contribution >= 0.6 is 11.6 Å². The Hall–Kier alpha value is -2.66. The lowest BCUT2D eigenvalue weighted by atomic mass is 10.1. The highest BCUT2D eigenvalue weighted by atomic mass is 35.5. The number of hydrogen-bond acceptors (Lipinski definition) is 3. The highest BCUT2D eigenvalue weighted by Crippen LogP contribution is 2.20. The van der Waals surface area contributed by atoms with E-state index in [0.717, 1.165) is 0 Å². The Balaban J connectivity index is 2.32. The molecule has 4 nitrogen and oxygen atoms in total. The maximum atomic E-state index is 13.2. The lowest BCUT2D eigenvalue weighted by molar-refractivity contribution is -0.115. The summed E-state index contributed by atoms with van der Waals surface area (Å²) < 4.78 is 13.2. The largest absolute Gasteiger partial charge is 0.478 e. The first-order valence-corrected chi connectivity index (χ1v) is 7.47. The summed E-state index contributed by atoms with van der Waals surface area (Å²) in [6.07, 6.45) is 3.30. The van der Waals surface area contributed by atoms with Crippen LogP contribution in [-0.2, 0) is 4.79 Å². The van der Waals surface area contributed by atoms with Gasteiger partial charge in [-0.3, -0.25) is 4.79 Å². The molecule has 2 aromatic rings. The number of Topliss-reactive ketones (excluding diaryl/α,β-unsaturated/α-hetero) is 1. The van der Waals surface area contributed by atoms with Gasteiger partial charge in [-0.05, 0) is 48.9 Å². The Labute approximate surface area is 143 Å². The standard InChI is InChI=1S/C18H15ClFNO3/c1-12(22)11-21(15-4-2-3-14(10-15)18(23)24)8-7-13-5-6-17(20)16(19)9-13/h2-10H,11H2,1H3,(H,23,24).